The van der Waals surface area contributed by atoms with Gasteiger partial charge in [0.05, 0.1) is 18.0 Å². The minimum Gasteiger partial charge on any atom is -0.476 e. The van der Waals surface area contributed by atoms with Crippen LogP contribution in [0.1, 0.15) is 25.9 Å². The number of carboxylic acid groups (broad SMARTS) is 1. The van der Waals surface area contributed by atoms with E-state index in [1.165, 1.54) is 36.8 Å². The number of aromatic carboxylic acids is 1. The highest BCUT2D eigenvalue weighted by Gasteiger charge is 2.16. The van der Waals surface area contributed by atoms with E-state index in [2.05, 4.69) is 15.0 Å². The third-order valence-electron chi connectivity index (χ3n) is 3.18. The zero-order chi connectivity index (χ0) is 19.2. The van der Waals surface area contributed by atoms with Crippen molar-refractivity contribution in [2.24, 2.45) is 0 Å². The molecule has 1 heterocycles. The molecule has 9 nitrogen and oxygen atoms in total. The number of carbonyl (C=O) groups is 2. The number of ether oxygens (including phenoxy) is 1. The molecule has 0 fully saturated rings. The number of hydrogen-bond acceptors (Lipinski definition) is 7. The Morgan fingerprint density at radius 3 is 2.77 bits per heavy atom. The van der Waals surface area contributed by atoms with Gasteiger partial charge in [-0.2, -0.15) is 0 Å². The number of methoxy groups -OCH3 is 1. The standard InChI is InChI=1S/C15H17N3O6S2/c1-24-6-5-17-26(22,23)11-4-2-3-10(7-11)14(19)16-8-13-18-12(9-25-13)15(20)21/h2-4,7,9,17H,5-6,8H2,1H3,(H,16,19)(H,20,21). The molecule has 0 radical (unpaired) electrons. The molecule has 1 aromatic carbocycles. The van der Waals surface area contributed by atoms with Crippen LogP contribution in [0.15, 0.2) is 34.5 Å². The molecule has 2 rings (SSSR count). The number of benzene rings is 1. The lowest BCUT2D eigenvalue weighted by molar-refractivity contribution is 0.0691. The molecule has 0 unspecified atom stereocenters. The molecule has 0 atom stereocenters. The number of hydrogen-bond donors (Lipinski definition) is 3. The minimum absolute atomic E-state index is 0.0383. The molecule has 0 bridgehead atoms. The molecule has 0 saturated heterocycles. The predicted molar refractivity (Wildman–Crippen MR) is 93.8 cm³/mol. The van der Waals surface area contributed by atoms with Gasteiger partial charge in [0.1, 0.15) is 5.01 Å². The van der Waals surface area contributed by atoms with E-state index in [1.807, 2.05) is 0 Å². The van der Waals surface area contributed by atoms with Gasteiger partial charge in [0, 0.05) is 24.6 Å². The van der Waals surface area contributed by atoms with Gasteiger partial charge in [-0.25, -0.2) is 22.9 Å². The molecule has 2 aromatic rings. The second-order valence-electron chi connectivity index (χ2n) is 5.03. The van der Waals surface area contributed by atoms with Gasteiger partial charge >= 0.3 is 5.97 Å². The molecule has 1 amide bonds. The second kappa shape index (κ2) is 8.85. The summed E-state index contributed by atoms with van der Waals surface area (Å²) >= 11 is 1.11. The van der Waals surface area contributed by atoms with E-state index in [9.17, 15) is 18.0 Å². The SMILES string of the molecule is COCCNS(=O)(=O)c1cccc(C(=O)NCc2nc(C(=O)O)cs2)c1. The minimum atomic E-state index is -3.75. The topological polar surface area (TPSA) is 135 Å². The average molecular weight is 399 g/mol. The molecule has 3 N–H and O–H groups in total. The fourth-order valence-electron chi connectivity index (χ4n) is 1.91. The normalized spacial score (nSPS) is 11.3. The maximum absolute atomic E-state index is 12.2. The van der Waals surface area contributed by atoms with Gasteiger partial charge in [-0.1, -0.05) is 6.07 Å². The summed E-state index contributed by atoms with van der Waals surface area (Å²) < 4.78 is 31.5. The Hall–Kier alpha value is -2.34. The van der Waals surface area contributed by atoms with Crippen molar-refractivity contribution in [1.29, 1.82) is 0 Å². The maximum Gasteiger partial charge on any atom is 0.355 e. The van der Waals surface area contributed by atoms with Crippen molar-refractivity contribution in [3.05, 3.63) is 45.9 Å². The smallest absolute Gasteiger partial charge is 0.355 e. The van der Waals surface area contributed by atoms with Crippen LogP contribution in [0.4, 0.5) is 0 Å². The highest BCUT2D eigenvalue weighted by atomic mass is 32.2. The number of carboxylic acids is 1. The van der Waals surface area contributed by atoms with Gasteiger partial charge in [0.2, 0.25) is 10.0 Å². The molecule has 11 heteroatoms. The Labute approximate surface area is 154 Å². The summed E-state index contributed by atoms with van der Waals surface area (Å²) in [6.07, 6.45) is 0. The molecular formula is C15H17N3O6S2. The zero-order valence-electron chi connectivity index (χ0n) is 13.8. The highest BCUT2D eigenvalue weighted by molar-refractivity contribution is 7.89. The van der Waals surface area contributed by atoms with E-state index in [4.69, 9.17) is 9.84 Å². The number of thiazole rings is 1. The van der Waals surface area contributed by atoms with Gasteiger partial charge in [-0.05, 0) is 18.2 Å². The number of rotatable bonds is 9. The molecule has 0 aliphatic heterocycles. The molecular weight excluding hydrogens is 382 g/mol. The summed E-state index contributed by atoms with van der Waals surface area (Å²) in [5.74, 6) is -1.64. The molecule has 0 aliphatic rings. The first-order chi connectivity index (χ1) is 12.3. The Morgan fingerprint density at radius 2 is 2.12 bits per heavy atom. The van der Waals surface area contributed by atoms with Gasteiger partial charge in [-0.15, -0.1) is 11.3 Å². The number of nitrogens with one attached hydrogen (secondary N) is 2. The van der Waals surface area contributed by atoms with Gasteiger partial charge in [-0.3, -0.25) is 4.79 Å². The summed E-state index contributed by atoms with van der Waals surface area (Å²) in [5, 5.41) is 13.2. The van der Waals surface area contributed by atoms with E-state index in [0.717, 1.165) is 11.3 Å². The molecule has 0 saturated carbocycles. The summed E-state index contributed by atoms with van der Waals surface area (Å²) in [6.45, 7) is 0.386. The van der Waals surface area contributed by atoms with E-state index in [1.54, 1.807) is 0 Å². The molecule has 140 valence electrons. The Balaban J connectivity index is 2.03. The van der Waals surface area contributed by atoms with Gasteiger partial charge < -0.3 is 15.2 Å². The average Bonchev–Trinajstić information content (AvgIpc) is 3.09. The molecule has 0 aliphatic carbocycles. The Kier molecular flexibility index (Phi) is 6.80. The first-order valence-electron chi connectivity index (χ1n) is 7.38. The lowest BCUT2D eigenvalue weighted by atomic mass is 10.2. The first-order valence-corrected chi connectivity index (χ1v) is 9.74. The summed E-state index contributed by atoms with van der Waals surface area (Å²) in [6, 6.07) is 5.58. The van der Waals surface area contributed by atoms with Crippen LogP contribution in [0.2, 0.25) is 0 Å². The van der Waals surface area contributed by atoms with Crippen LogP contribution in [0.3, 0.4) is 0 Å². The Morgan fingerprint density at radius 1 is 1.35 bits per heavy atom. The third kappa shape index (κ3) is 5.33. The van der Waals surface area contributed by atoms with Crippen LogP contribution in [0.25, 0.3) is 0 Å². The van der Waals surface area contributed by atoms with Crippen molar-refractivity contribution in [3.8, 4) is 0 Å². The van der Waals surface area contributed by atoms with Crippen LogP contribution in [-0.4, -0.2) is 50.6 Å². The quantitative estimate of drug-likeness (QED) is 0.528. The molecule has 0 spiro atoms. The van der Waals surface area contributed by atoms with E-state index in [0.29, 0.717) is 5.01 Å². The van der Waals surface area contributed by atoms with Crippen molar-refractivity contribution >= 4 is 33.2 Å². The number of sulfonamides is 1. The van der Waals surface area contributed by atoms with Crippen LogP contribution in [0.5, 0.6) is 0 Å². The lowest BCUT2D eigenvalue weighted by Crippen LogP contribution is -2.28. The second-order valence-corrected chi connectivity index (χ2v) is 7.74. The number of amides is 1. The predicted octanol–water partition coefficient (Wildman–Crippen LogP) is 0.696. The van der Waals surface area contributed by atoms with E-state index in [-0.39, 0.29) is 35.8 Å². The maximum atomic E-state index is 12.2. The zero-order valence-corrected chi connectivity index (χ0v) is 15.4. The van der Waals surface area contributed by atoms with Crippen molar-refractivity contribution in [1.82, 2.24) is 15.0 Å². The van der Waals surface area contributed by atoms with Crippen LogP contribution in [-0.2, 0) is 21.3 Å². The van der Waals surface area contributed by atoms with E-state index < -0.39 is 21.9 Å². The van der Waals surface area contributed by atoms with Crippen molar-refractivity contribution < 1.29 is 27.9 Å². The largest absolute Gasteiger partial charge is 0.476 e. The lowest BCUT2D eigenvalue weighted by Gasteiger charge is -2.08. The van der Waals surface area contributed by atoms with E-state index >= 15 is 0 Å². The third-order valence-corrected chi connectivity index (χ3v) is 5.48. The van der Waals surface area contributed by atoms with Gasteiger partial charge in [0.15, 0.2) is 5.69 Å². The first kappa shape index (κ1) is 20.0. The molecule has 26 heavy (non-hydrogen) atoms. The monoisotopic (exact) mass is 399 g/mol. The van der Waals surface area contributed by atoms with Gasteiger partial charge in [0.25, 0.3) is 5.91 Å². The summed E-state index contributed by atoms with van der Waals surface area (Å²) in [5.41, 5.74) is 0.0732. The van der Waals surface area contributed by atoms with Crippen LogP contribution in [0, 0.1) is 0 Å². The number of nitrogens with zero attached hydrogens (tertiary/aromatic N) is 1. The van der Waals surface area contributed by atoms with Crippen LogP contribution >= 0.6 is 11.3 Å². The number of aromatic nitrogens is 1. The van der Waals surface area contributed by atoms with Crippen molar-refractivity contribution in [2.75, 3.05) is 20.3 Å². The number of carbonyl (C=O) groups excluding carboxylic acids is 1. The summed E-state index contributed by atoms with van der Waals surface area (Å²) in [4.78, 5) is 26.8. The fraction of sp³-hybridized carbons (Fsp3) is 0.267. The summed E-state index contributed by atoms with van der Waals surface area (Å²) in [7, 11) is -2.29. The molecule has 1 aromatic heterocycles. The Bertz CT molecular complexity index is 894. The fourth-order valence-corrected chi connectivity index (χ4v) is 3.68. The van der Waals surface area contributed by atoms with Crippen molar-refractivity contribution in [2.45, 2.75) is 11.4 Å². The van der Waals surface area contributed by atoms with Crippen molar-refractivity contribution in [3.63, 3.8) is 0 Å². The highest BCUT2D eigenvalue weighted by Crippen LogP contribution is 2.13. The van der Waals surface area contributed by atoms with Crippen LogP contribution < -0.4 is 10.0 Å².